The number of thiazole rings is 1. The number of likely N-dealkylation sites (tertiary alicyclic amines) is 1. The molecule has 2 aromatic rings. The van der Waals surface area contributed by atoms with Crippen LogP contribution in [-0.2, 0) is 0 Å². The van der Waals surface area contributed by atoms with Gasteiger partial charge in [-0.15, -0.1) is 22.7 Å². The number of carbonyl (C=O) groups excluding carboxylic acids is 1. The first kappa shape index (κ1) is 12.8. The maximum atomic E-state index is 12.5. The second-order valence-electron chi connectivity index (χ2n) is 4.86. The molecule has 0 aliphatic carbocycles. The van der Waals surface area contributed by atoms with Crippen molar-refractivity contribution in [3.8, 4) is 9.88 Å². The zero-order valence-corrected chi connectivity index (χ0v) is 12.5. The van der Waals surface area contributed by atoms with Gasteiger partial charge in [0.05, 0.1) is 4.88 Å². The largest absolute Gasteiger partial charge is 0.335 e. The van der Waals surface area contributed by atoms with Crippen LogP contribution in [0.1, 0.15) is 36.7 Å². The molecule has 1 amide bonds. The van der Waals surface area contributed by atoms with E-state index < -0.39 is 0 Å². The Balaban J connectivity index is 1.80. The van der Waals surface area contributed by atoms with Gasteiger partial charge in [0, 0.05) is 18.0 Å². The predicted molar refractivity (Wildman–Crippen MR) is 79.8 cm³/mol. The highest BCUT2D eigenvalue weighted by Gasteiger charge is 2.25. The third-order valence-corrected chi connectivity index (χ3v) is 5.40. The van der Waals surface area contributed by atoms with Crippen LogP contribution in [0.15, 0.2) is 22.9 Å². The van der Waals surface area contributed by atoms with Gasteiger partial charge in [0.2, 0.25) is 0 Å². The first-order valence-electron chi connectivity index (χ1n) is 6.56. The Morgan fingerprint density at radius 1 is 1.42 bits per heavy atom. The van der Waals surface area contributed by atoms with Crippen molar-refractivity contribution in [2.24, 2.45) is 0 Å². The molecule has 3 nitrogen and oxygen atoms in total. The Hall–Kier alpha value is -1.20. The van der Waals surface area contributed by atoms with Crippen LogP contribution in [-0.4, -0.2) is 28.4 Å². The molecule has 100 valence electrons. The van der Waals surface area contributed by atoms with Crippen molar-refractivity contribution in [1.29, 1.82) is 0 Å². The SMILES string of the molecule is C[C@@H]1CCCCN1C(=O)c1csc(-c2cccs2)n1. The first-order chi connectivity index (χ1) is 9.25. The lowest BCUT2D eigenvalue weighted by atomic mass is 10.0. The van der Waals surface area contributed by atoms with Crippen LogP contribution >= 0.6 is 22.7 Å². The maximum absolute atomic E-state index is 12.5. The summed E-state index contributed by atoms with van der Waals surface area (Å²) in [5.41, 5.74) is 0.599. The summed E-state index contributed by atoms with van der Waals surface area (Å²) in [6, 6.07) is 4.39. The quantitative estimate of drug-likeness (QED) is 0.841. The number of piperidine rings is 1. The van der Waals surface area contributed by atoms with Crippen molar-refractivity contribution in [2.45, 2.75) is 32.2 Å². The van der Waals surface area contributed by atoms with E-state index in [0.29, 0.717) is 11.7 Å². The fraction of sp³-hybridized carbons (Fsp3) is 0.429. The molecule has 2 aromatic heterocycles. The van der Waals surface area contributed by atoms with Crippen molar-refractivity contribution in [1.82, 2.24) is 9.88 Å². The average Bonchev–Trinajstić information content (AvgIpc) is 3.09. The highest BCUT2D eigenvalue weighted by Crippen LogP contribution is 2.29. The Bertz CT molecular complexity index is 562. The van der Waals surface area contributed by atoms with Crippen molar-refractivity contribution < 1.29 is 4.79 Å². The number of carbonyl (C=O) groups is 1. The Morgan fingerprint density at radius 3 is 3.05 bits per heavy atom. The molecule has 0 aromatic carbocycles. The third-order valence-electron chi connectivity index (χ3n) is 3.52. The molecule has 0 unspecified atom stereocenters. The number of thiophene rings is 1. The molecule has 3 heterocycles. The number of aromatic nitrogens is 1. The zero-order valence-electron chi connectivity index (χ0n) is 10.8. The zero-order chi connectivity index (χ0) is 13.2. The molecule has 5 heteroatoms. The number of rotatable bonds is 2. The normalized spacial score (nSPS) is 19.6. The van der Waals surface area contributed by atoms with E-state index in [1.807, 2.05) is 27.8 Å². The molecule has 0 bridgehead atoms. The summed E-state index contributed by atoms with van der Waals surface area (Å²) in [7, 11) is 0. The van der Waals surface area contributed by atoms with Crippen LogP contribution in [0.25, 0.3) is 9.88 Å². The summed E-state index contributed by atoms with van der Waals surface area (Å²) in [5.74, 6) is 0.0891. The number of hydrogen-bond acceptors (Lipinski definition) is 4. The lowest BCUT2D eigenvalue weighted by Gasteiger charge is -2.32. The van der Waals surface area contributed by atoms with E-state index in [2.05, 4.69) is 11.9 Å². The smallest absolute Gasteiger partial charge is 0.273 e. The molecule has 0 radical (unpaired) electrons. The molecule has 1 aliphatic heterocycles. The minimum Gasteiger partial charge on any atom is -0.335 e. The molecule has 1 fully saturated rings. The van der Waals surface area contributed by atoms with E-state index in [1.165, 1.54) is 6.42 Å². The van der Waals surface area contributed by atoms with E-state index in [9.17, 15) is 4.79 Å². The fourth-order valence-electron chi connectivity index (χ4n) is 2.43. The number of amides is 1. The Kier molecular flexibility index (Phi) is 3.66. The van der Waals surface area contributed by atoms with Crippen LogP contribution in [0, 0.1) is 0 Å². The van der Waals surface area contributed by atoms with Gasteiger partial charge in [-0.2, -0.15) is 0 Å². The van der Waals surface area contributed by atoms with Gasteiger partial charge in [-0.1, -0.05) is 6.07 Å². The molecule has 0 saturated carbocycles. The van der Waals surface area contributed by atoms with Crippen LogP contribution in [0.2, 0.25) is 0 Å². The molecule has 19 heavy (non-hydrogen) atoms. The summed E-state index contributed by atoms with van der Waals surface area (Å²) < 4.78 is 0. The van der Waals surface area contributed by atoms with E-state index in [4.69, 9.17) is 0 Å². The first-order valence-corrected chi connectivity index (χ1v) is 8.32. The average molecular weight is 292 g/mol. The van der Waals surface area contributed by atoms with Crippen LogP contribution in [0.4, 0.5) is 0 Å². The number of hydrogen-bond donors (Lipinski definition) is 0. The lowest BCUT2D eigenvalue weighted by molar-refractivity contribution is 0.0630. The molecule has 3 rings (SSSR count). The Morgan fingerprint density at radius 2 is 2.32 bits per heavy atom. The van der Waals surface area contributed by atoms with Crippen LogP contribution in [0.5, 0.6) is 0 Å². The third kappa shape index (κ3) is 2.58. The van der Waals surface area contributed by atoms with E-state index in [-0.39, 0.29) is 5.91 Å². The van der Waals surface area contributed by atoms with Gasteiger partial charge < -0.3 is 4.90 Å². The van der Waals surface area contributed by atoms with Gasteiger partial charge in [-0.05, 0) is 37.6 Å². The van der Waals surface area contributed by atoms with Crippen LogP contribution < -0.4 is 0 Å². The highest BCUT2D eigenvalue weighted by atomic mass is 32.1. The van der Waals surface area contributed by atoms with Gasteiger partial charge in [0.1, 0.15) is 10.7 Å². The summed E-state index contributed by atoms with van der Waals surface area (Å²) in [5, 5.41) is 4.87. The van der Waals surface area contributed by atoms with Gasteiger partial charge in [0.25, 0.3) is 5.91 Å². The Labute approximate surface area is 120 Å². The predicted octanol–water partition coefficient (Wildman–Crippen LogP) is 3.89. The van der Waals surface area contributed by atoms with E-state index >= 15 is 0 Å². The van der Waals surface area contributed by atoms with Crippen LogP contribution in [0.3, 0.4) is 0 Å². The second kappa shape index (κ2) is 5.43. The summed E-state index contributed by atoms with van der Waals surface area (Å²) >= 11 is 3.21. The van der Waals surface area contributed by atoms with Gasteiger partial charge in [-0.25, -0.2) is 4.98 Å². The standard InChI is InChI=1S/C14H16N2OS2/c1-10-5-2-3-7-16(10)14(17)11-9-19-13(15-11)12-6-4-8-18-12/h4,6,8-10H,2-3,5,7H2,1H3/t10-/m1/s1. The van der Waals surface area contributed by atoms with Gasteiger partial charge in [-0.3, -0.25) is 4.79 Å². The molecular formula is C14H16N2OS2. The van der Waals surface area contributed by atoms with Crippen molar-refractivity contribution in [3.63, 3.8) is 0 Å². The molecule has 1 saturated heterocycles. The minimum atomic E-state index is 0.0891. The molecule has 0 spiro atoms. The highest BCUT2D eigenvalue weighted by molar-refractivity contribution is 7.20. The lowest BCUT2D eigenvalue weighted by Crippen LogP contribution is -2.42. The van der Waals surface area contributed by atoms with Gasteiger partial charge >= 0.3 is 0 Å². The monoisotopic (exact) mass is 292 g/mol. The minimum absolute atomic E-state index is 0.0891. The fourth-order valence-corrected chi connectivity index (χ4v) is 4.04. The van der Waals surface area contributed by atoms with E-state index in [1.54, 1.807) is 22.7 Å². The van der Waals surface area contributed by atoms with E-state index in [0.717, 1.165) is 29.3 Å². The molecular weight excluding hydrogens is 276 g/mol. The van der Waals surface area contributed by atoms with Crippen molar-refractivity contribution >= 4 is 28.6 Å². The molecule has 1 aliphatic rings. The topological polar surface area (TPSA) is 33.2 Å². The summed E-state index contributed by atoms with van der Waals surface area (Å²) in [6.07, 6.45) is 3.44. The second-order valence-corrected chi connectivity index (χ2v) is 6.66. The summed E-state index contributed by atoms with van der Waals surface area (Å²) in [4.78, 5) is 20.1. The van der Waals surface area contributed by atoms with Crippen molar-refractivity contribution in [2.75, 3.05) is 6.54 Å². The molecule has 0 N–H and O–H groups in total. The summed E-state index contributed by atoms with van der Waals surface area (Å²) in [6.45, 7) is 3.00. The number of nitrogens with zero attached hydrogens (tertiary/aromatic N) is 2. The maximum Gasteiger partial charge on any atom is 0.273 e. The van der Waals surface area contributed by atoms with Crippen molar-refractivity contribution in [3.05, 3.63) is 28.6 Å². The molecule has 1 atom stereocenters. The van der Waals surface area contributed by atoms with Gasteiger partial charge in [0.15, 0.2) is 0 Å².